The molecule has 0 radical (unpaired) electrons. The van der Waals surface area contributed by atoms with Crippen molar-refractivity contribution in [3.63, 3.8) is 0 Å². The molecule has 2 rings (SSSR count). The summed E-state index contributed by atoms with van der Waals surface area (Å²) in [6, 6.07) is 1.71. The predicted octanol–water partition coefficient (Wildman–Crippen LogP) is 0.420. The molecular formula is C11H17N3O3S. The van der Waals surface area contributed by atoms with Gasteiger partial charge in [-0.2, -0.15) is 0 Å². The van der Waals surface area contributed by atoms with Crippen LogP contribution in [-0.4, -0.2) is 37.9 Å². The highest BCUT2D eigenvalue weighted by Gasteiger charge is 2.18. The van der Waals surface area contributed by atoms with Gasteiger partial charge >= 0.3 is 0 Å². The summed E-state index contributed by atoms with van der Waals surface area (Å²) in [6.07, 6.45) is 4.82. The van der Waals surface area contributed by atoms with E-state index in [1.54, 1.807) is 12.3 Å². The lowest BCUT2D eigenvalue weighted by molar-refractivity contribution is 0.0780. The summed E-state index contributed by atoms with van der Waals surface area (Å²) in [6.45, 7) is 1.64. The third-order valence-electron chi connectivity index (χ3n) is 2.77. The zero-order valence-corrected chi connectivity index (χ0v) is 11.1. The van der Waals surface area contributed by atoms with Crippen LogP contribution >= 0.6 is 0 Å². The van der Waals surface area contributed by atoms with E-state index in [-0.39, 0.29) is 12.5 Å². The highest BCUT2D eigenvalue weighted by Crippen LogP contribution is 2.22. The zero-order chi connectivity index (χ0) is 13.0. The van der Waals surface area contributed by atoms with Crippen LogP contribution in [0.15, 0.2) is 12.3 Å². The van der Waals surface area contributed by atoms with E-state index in [1.165, 1.54) is 0 Å². The van der Waals surface area contributed by atoms with Crippen LogP contribution in [0.3, 0.4) is 0 Å². The lowest BCUT2D eigenvalue weighted by atomic mass is 10.0. The minimum absolute atomic E-state index is 0.196. The topological polar surface area (TPSA) is 81.2 Å². The minimum Gasteiger partial charge on any atom is -0.381 e. The van der Waals surface area contributed by atoms with Crippen LogP contribution in [-0.2, 0) is 21.3 Å². The van der Waals surface area contributed by atoms with Gasteiger partial charge in [-0.05, 0) is 18.9 Å². The molecule has 1 aromatic heterocycles. The van der Waals surface area contributed by atoms with Crippen molar-refractivity contribution in [2.24, 2.45) is 0 Å². The van der Waals surface area contributed by atoms with Crippen molar-refractivity contribution in [3.8, 4) is 0 Å². The van der Waals surface area contributed by atoms with E-state index in [2.05, 4.69) is 14.7 Å². The second-order valence-corrected chi connectivity index (χ2v) is 6.25. The van der Waals surface area contributed by atoms with Gasteiger partial charge in [0, 0.05) is 18.7 Å². The Labute approximate surface area is 107 Å². The van der Waals surface area contributed by atoms with Crippen LogP contribution in [0.4, 0.5) is 0 Å². The average Bonchev–Trinajstić information content (AvgIpc) is 2.37. The molecule has 1 atom stereocenters. The monoisotopic (exact) mass is 271 g/mol. The molecular weight excluding hydrogens is 254 g/mol. The average molecular weight is 271 g/mol. The number of hydrogen-bond acceptors (Lipinski definition) is 5. The van der Waals surface area contributed by atoms with E-state index in [9.17, 15) is 8.42 Å². The molecule has 0 aliphatic carbocycles. The molecule has 0 saturated carbocycles. The Bertz CT molecular complexity index is 498. The van der Waals surface area contributed by atoms with E-state index >= 15 is 0 Å². The molecule has 1 saturated heterocycles. The van der Waals surface area contributed by atoms with E-state index in [0.717, 1.165) is 31.5 Å². The van der Waals surface area contributed by atoms with Gasteiger partial charge in [-0.3, -0.25) is 0 Å². The smallest absolute Gasteiger partial charge is 0.209 e. The Morgan fingerprint density at radius 3 is 3.06 bits per heavy atom. The quantitative estimate of drug-likeness (QED) is 0.858. The third kappa shape index (κ3) is 4.01. The molecule has 0 amide bonds. The van der Waals surface area contributed by atoms with Gasteiger partial charge in [0.05, 0.1) is 25.1 Å². The van der Waals surface area contributed by atoms with Gasteiger partial charge in [-0.1, -0.05) is 0 Å². The molecule has 0 bridgehead atoms. The van der Waals surface area contributed by atoms with E-state index in [1.807, 2.05) is 0 Å². The van der Waals surface area contributed by atoms with Gasteiger partial charge in [0.1, 0.15) is 5.82 Å². The second-order valence-electron chi connectivity index (χ2n) is 4.41. The third-order valence-corrected chi connectivity index (χ3v) is 3.44. The maximum atomic E-state index is 11.0. The van der Waals surface area contributed by atoms with Crippen molar-refractivity contribution in [1.29, 1.82) is 0 Å². The summed E-state index contributed by atoms with van der Waals surface area (Å²) in [5.74, 6) is 0.958. The maximum Gasteiger partial charge on any atom is 0.209 e. The Morgan fingerprint density at radius 2 is 2.39 bits per heavy atom. The SMILES string of the molecule is CS(=O)(=O)NCc1ccnc([C@@H]2CCCOC2)n1. The summed E-state index contributed by atoms with van der Waals surface area (Å²) < 4.78 is 29.9. The molecule has 1 aliphatic rings. The molecule has 18 heavy (non-hydrogen) atoms. The Morgan fingerprint density at radius 1 is 1.56 bits per heavy atom. The highest BCUT2D eigenvalue weighted by molar-refractivity contribution is 7.88. The van der Waals surface area contributed by atoms with Crippen LogP contribution in [0, 0.1) is 0 Å². The van der Waals surface area contributed by atoms with E-state index in [0.29, 0.717) is 12.3 Å². The fraction of sp³-hybridized carbons (Fsp3) is 0.636. The zero-order valence-electron chi connectivity index (χ0n) is 10.3. The second kappa shape index (κ2) is 5.73. The maximum absolute atomic E-state index is 11.0. The Balaban J connectivity index is 2.04. The molecule has 1 aromatic rings. The van der Waals surface area contributed by atoms with Gasteiger partial charge in [0.2, 0.25) is 10.0 Å². The summed E-state index contributed by atoms with van der Waals surface area (Å²) in [5, 5.41) is 0. The molecule has 0 spiro atoms. The lowest BCUT2D eigenvalue weighted by Crippen LogP contribution is -2.23. The number of nitrogens with one attached hydrogen (secondary N) is 1. The van der Waals surface area contributed by atoms with Crippen molar-refractivity contribution >= 4 is 10.0 Å². The predicted molar refractivity (Wildman–Crippen MR) is 66.5 cm³/mol. The largest absolute Gasteiger partial charge is 0.381 e. The molecule has 100 valence electrons. The molecule has 1 N–H and O–H groups in total. The number of rotatable bonds is 4. The van der Waals surface area contributed by atoms with Crippen LogP contribution in [0.25, 0.3) is 0 Å². The van der Waals surface area contributed by atoms with Crippen molar-refractivity contribution in [2.75, 3.05) is 19.5 Å². The molecule has 1 aliphatic heterocycles. The number of aromatic nitrogens is 2. The van der Waals surface area contributed by atoms with E-state index in [4.69, 9.17) is 4.74 Å². The van der Waals surface area contributed by atoms with Gasteiger partial charge in [-0.15, -0.1) is 0 Å². The number of nitrogens with zero attached hydrogens (tertiary/aromatic N) is 2. The molecule has 1 fully saturated rings. The first-order valence-corrected chi connectivity index (χ1v) is 7.78. The van der Waals surface area contributed by atoms with Crippen LogP contribution in [0.5, 0.6) is 0 Å². The number of ether oxygens (including phenoxy) is 1. The summed E-state index contributed by atoms with van der Waals surface area (Å²) in [7, 11) is -3.20. The molecule has 2 heterocycles. The lowest BCUT2D eigenvalue weighted by Gasteiger charge is -2.20. The fourth-order valence-corrected chi connectivity index (χ4v) is 2.27. The van der Waals surface area contributed by atoms with E-state index < -0.39 is 10.0 Å². The van der Waals surface area contributed by atoms with Crippen molar-refractivity contribution < 1.29 is 13.2 Å². The summed E-state index contributed by atoms with van der Waals surface area (Å²) in [5.41, 5.74) is 0.677. The molecule has 0 unspecified atom stereocenters. The minimum atomic E-state index is -3.20. The summed E-state index contributed by atoms with van der Waals surface area (Å²) in [4.78, 5) is 8.62. The Hall–Kier alpha value is -1.05. The number of hydrogen-bond donors (Lipinski definition) is 1. The van der Waals surface area contributed by atoms with Gasteiger partial charge in [0.25, 0.3) is 0 Å². The van der Waals surface area contributed by atoms with Gasteiger partial charge < -0.3 is 4.74 Å². The van der Waals surface area contributed by atoms with Crippen LogP contribution in [0.2, 0.25) is 0 Å². The highest BCUT2D eigenvalue weighted by atomic mass is 32.2. The van der Waals surface area contributed by atoms with Gasteiger partial charge in [0.15, 0.2) is 0 Å². The van der Waals surface area contributed by atoms with Crippen molar-refractivity contribution in [3.05, 3.63) is 23.8 Å². The first kappa shape index (κ1) is 13.4. The molecule has 7 heteroatoms. The fourth-order valence-electron chi connectivity index (χ4n) is 1.86. The molecule has 6 nitrogen and oxygen atoms in total. The normalized spacial score (nSPS) is 20.8. The van der Waals surface area contributed by atoms with Crippen LogP contribution in [0.1, 0.15) is 30.3 Å². The first-order chi connectivity index (χ1) is 8.54. The Kier molecular flexibility index (Phi) is 4.26. The number of sulfonamides is 1. The van der Waals surface area contributed by atoms with Crippen molar-refractivity contribution in [2.45, 2.75) is 25.3 Å². The van der Waals surface area contributed by atoms with Gasteiger partial charge in [-0.25, -0.2) is 23.1 Å². The van der Waals surface area contributed by atoms with Crippen LogP contribution < -0.4 is 4.72 Å². The van der Waals surface area contributed by atoms with Crippen molar-refractivity contribution in [1.82, 2.24) is 14.7 Å². The molecule has 0 aromatic carbocycles. The summed E-state index contributed by atoms with van der Waals surface area (Å²) >= 11 is 0. The standard InChI is InChI=1S/C11H17N3O3S/c1-18(15,16)13-7-10-4-5-12-11(14-10)9-3-2-6-17-8-9/h4-5,9,13H,2-3,6-8H2,1H3/t9-/m1/s1. The first-order valence-electron chi connectivity index (χ1n) is 5.89.